The normalized spacial score (nSPS) is 22.5. The highest BCUT2D eigenvalue weighted by Crippen LogP contribution is 2.14. The quantitative estimate of drug-likeness (QED) is 0.706. The molecule has 3 nitrogen and oxygen atoms in total. The van der Waals surface area contributed by atoms with Crippen molar-refractivity contribution in [3.63, 3.8) is 0 Å². The molecule has 0 saturated carbocycles. The molecule has 1 fully saturated rings. The molecule has 1 saturated heterocycles. The van der Waals surface area contributed by atoms with E-state index in [2.05, 4.69) is 42.9 Å². The van der Waals surface area contributed by atoms with Gasteiger partial charge in [-0.2, -0.15) is 0 Å². The van der Waals surface area contributed by atoms with Crippen molar-refractivity contribution in [3.8, 4) is 0 Å². The predicted octanol–water partition coefficient (Wildman–Crippen LogP) is 1.26. The van der Waals surface area contributed by atoms with E-state index in [0.717, 1.165) is 12.5 Å². The van der Waals surface area contributed by atoms with Crippen molar-refractivity contribution in [2.24, 2.45) is 5.92 Å². The summed E-state index contributed by atoms with van der Waals surface area (Å²) in [5, 5.41) is 3.46. The van der Waals surface area contributed by atoms with Crippen molar-refractivity contribution in [1.29, 1.82) is 0 Å². The number of likely N-dealkylation sites (tertiary alicyclic amines) is 1. The van der Waals surface area contributed by atoms with Gasteiger partial charge in [0, 0.05) is 25.7 Å². The van der Waals surface area contributed by atoms with Crippen LogP contribution in [0.2, 0.25) is 0 Å². The Labute approximate surface area is 101 Å². The van der Waals surface area contributed by atoms with Gasteiger partial charge in [0.2, 0.25) is 0 Å². The van der Waals surface area contributed by atoms with E-state index in [1.807, 2.05) is 0 Å². The van der Waals surface area contributed by atoms with Gasteiger partial charge in [-0.05, 0) is 52.9 Å². The number of nitrogens with one attached hydrogen (secondary N) is 1. The van der Waals surface area contributed by atoms with Crippen LogP contribution in [0.25, 0.3) is 0 Å². The Balaban J connectivity index is 2.11. The molecule has 1 N–H and O–H groups in total. The van der Waals surface area contributed by atoms with Gasteiger partial charge in [-0.15, -0.1) is 0 Å². The highest BCUT2D eigenvalue weighted by molar-refractivity contribution is 4.77. The van der Waals surface area contributed by atoms with Crippen LogP contribution in [-0.2, 0) is 0 Å². The van der Waals surface area contributed by atoms with Gasteiger partial charge in [0.1, 0.15) is 0 Å². The lowest BCUT2D eigenvalue weighted by Gasteiger charge is -2.24. The third kappa shape index (κ3) is 4.81. The highest BCUT2D eigenvalue weighted by atomic mass is 15.2. The van der Waals surface area contributed by atoms with Gasteiger partial charge in [-0.3, -0.25) is 0 Å². The van der Waals surface area contributed by atoms with E-state index in [9.17, 15) is 0 Å². The Morgan fingerprint density at radius 2 is 2.19 bits per heavy atom. The maximum Gasteiger partial charge on any atom is 0.0109 e. The second kappa shape index (κ2) is 7.25. The molecule has 16 heavy (non-hydrogen) atoms. The number of hydrogen-bond donors (Lipinski definition) is 1. The van der Waals surface area contributed by atoms with Crippen molar-refractivity contribution in [2.75, 3.05) is 46.3 Å². The minimum Gasteiger partial charge on any atom is -0.317 e. The van der Waals surface area contributed by atoms with Gasteiger partial charge in [0.05, 0.1) is 0 Å². The Morgan fingerprint density at radius 3 is 2.81 bits per heavy atom. The Kier molecular flexibility index (Phi) is 6.32. The van der Waals surface area contributed by atoms with Crippen molar-refractivity contribution in [1.82, 2.24) is 15.1 Å². The number of nitrogens with zero attached hydrogens (tertiary/aromatic N) is 2. The van der Waals surface area contributed by atoms with Gasteiger partial charge >= 0.3 is 0 Å². The Bertz CT molecular complexity index is 182. The topological polar surface area (TPSA) is 18.5 Å². The SMILES string of the molecule is CCNCC1CCN(CCN(C)C(C)C)C1. The summed E-state index contributed by atoms with van der Waals surface area (Å²) in [5.41, 5.74) is 0. The summed E-state index contributed by atoms with van der Waals surface area (Å²) in [5.74, 6) is 0.879. The molecule has 1 aliphatic heterocycles. The first-order valence-corrected chi connectivity index (χ1v) is 6.76. The minimum atomic E-state index is 0.667. The van der Waals surface area contributed by atoms with Gasteiger partial charge < -0.3 is 15.1 Å². The van der Waals surface area contributed by atoms with Crippen LogP contribution >= 0.6 is 0 Å². The van der Waals surface area contributed by atoms with Gasteiger partial charge in [-0.1, -0.05) is 6.92 Å². The molecule has 1 atom stereocenters. The fourth-order valence-electron chi connectivity index (χ4n) is 2.19. The van der Waals surface area contributed by atoms with Crippen LogP contribution in [0.15, 0.2) is 0 Å². The Morgan fingerprint density at radius 1 is 1.44 bits per heavy atom. The number of hydrogen-bond acceptors (Lipinski definition) is 3. The third-order valence-electron chi connectivity index (χ3n) is 3.70. The fourth-order valence-corrected chi connectivity index (χ4v) is 2.19. The molecule has 0 aromatic heterocycles. The summed E-state index contributed by atoms with van der Waals surface area (Å²) < 4.78 is 0. The van der Waals surface area contributed by atoms with E-state index in [-0.39, 0.29) is 0 Å². The first-order valence-electron chi connectivity index (χ1n) is 6.76. The fraction of sp³-hybridized carbons (Fsp3) is 1.00. The molecule has 1 unspecified atom stereocenters. The molecular formula is C13H29N3. The first kappa shape index (κ1) is 13.9. The molecule has 0 radical (unpaired) electrons. The standard InChI is InChI=1S/C13H29N3/c1-5-14-10-13-6-7-16(11-13)9-8-15(4)12(2)3/h12-14H,5-11H2,1-4H3. The van der Waals surface area contributed by atoms with E-state index in [4.69, 9.17) is 0 Å². The summed E-state index contributed by atoms with van der Waals surface area (Å²) in [7, 11) is 2.22. The molecule has 1 rings (SSSR count). The zero-order valence-corrected chi connectivity index (χ0v) is 11.5. The molecule has 1 aliphatic rings. The van der Waals surface area contributed by atoms with Crippen LogP contribution in [0.3, 0.4) is 0 Å². The van der Waals surface area contributed by atoms with Crippen LogP contribution in [0.1, 0.15) is 27.2 Å². The smallest absolute Gasteiger partial charge is 0.0109 e. The summed E-state index contributed by atoms with van der Waals surface area (Å²) in [6.45, 7) is 14.0. The van der Waals surface area contributed by atoms with Crippen LogP contribution in [0.4, 0.5) is 0 Å². The van der Waals surface area contributed by atoms with Gasteiger partial charge in [-0.25, -0.2) is 0 Å². The molecule has 0 aromatic carbocycles. The second-order valence-corrected chi connectivity index (χ2v) is 5.34. The molecule has 1 heterocycles. The number of rotatable bonds is 7. The molecule has 0 amide bonds. The summed E-state index contributed by atoms with van der Waals surface area (Å²) in [6.07, 6.45) is 1.37. The summed E-state index contributed by atoms with van der Waals surface area (Å²) in [4.78, 5) is 5.04. The van der Waals surface area contributed by atoms with E-state index in [1.54, 1.807) is 0 Å². The zero-order chi connectivity index (χ0) is 12.0. The third-order valence-corrected chi connectivity index (χ3v) is 3.70. The first-order chi connectivity index (χ1) is 7.63. The van der Waals surface area contributed by atoms with Crippen LogP contribution in [0.5, 0.6) is 0 Å². The van der Waals surface area contributed by atoms with Crippen LogP contribution < -0.4 is 5.32 Å². The molecule has 0 aromatic rings. The summed E-state index contributed by atoms with van der Waals surface area (Å²) in [6, 6.07) is 0.667. The molecule has 0 bridgehead atoms. The maximum absolute atomic E-state index is 3.46. The van der Waals surface area contributed by atoms with E-state index in [0.29, 0.717) is 6.04 Å². The van der Waals surface area contributed by atoms with E-state index in [1.165, 1.54) is 39.1 Å². The average molecular weight is 227 g/mol. The largest absolute Gasteiger partial charge is 0.317 e. The molecular weight excluding hydrogens is 198 g/mol. The maximum atomic E-state index is 3.46. The van der Waals surface area contributed by atoms with Crippen molar-refractivity contribution >= 4 is 0 Å². The lowest BCUT2D eigenvalue weighted by Crippen LogP contribution is -2.36. The second-order valence-electron chi connectivity index (χ2n) is 5.34. The highest BCUT2D eigenvalue weighted by Gasteiger charge is 2.21. The molecule has 96 valence electrons. The van der Waals surface area contributed by atoms with Crippen molar-refractivity contribution < 1.29 is 0 Å². The Hall–Kier alpha value is -0.120. The van der Waals surface area contributed by atoms with E-state index >= 15 is 0 Å². The lowest BCUT2D eigenvalue weighted by molar-refractivity contribution is 0.221. The monoisotopic (exact) mass is 227 g/mol. The zero-order valence-electron chi connectivity index (χ0n) is 11.5. The summed E-state index contributed by atoms with van der Waals surface area (Å²) >= 11 is 0. The average Bonchev–Trinajstić information content (AvgIpc) is 2.70. The molecule has 0 spiro atoms. The van der Waals surface area contributed by atoms with Crippen LogP contribution in [0, 0.1) is 5.92 Å². The van der Waals surface area contributed by atoms with Gasteiger partial charge in [0.15, 0.2) is 0 Å². The van der Waals surface area contributed by atoms with E-state index < -0.39 is 0 Å². The van der Waals surface area contributed by atoms with Crippen molar-refractivity contribution in [2.45, 2.75) is 33.2 Å². The predicted molar refractivity (Wildman–Crippen MR) is 70.9 cm³/mol. The minimum absolute atomic E-state index is 0.667. The molecule has 0 aliphatic carbocycles. The molecule has 3 heteroatoms. The van der Waals surface area contributed by atoms with Crippen LogP contribution in [-0.4, -0.2) is 62.2 Å². The van der Waals surface area contributed by atoms with Gasteiger partial charge in [0.25, 0.3) is 0 Å². The lowest BCUT2D eigenvalue weighted by atomic mass is 10.1. The van der Waals surface area contributed by atoms with Crippen molar-refractivity contribution in [3.05, 3.63) is 0 Å². The number of likely N-dealkylation sites (N-methyl/N-ethyl adjacent to an activating group) is 1.